The van der Waals surface area contributed by atoms with Gasteiger partial charge in [0, 0.05) is 0 Å². The molecule has 0 saturated heterocycles. The Hall–Kier alpha value is -0.940. The predicted molar refractivity (Wildman–Crippen MR) is 65.5 cm³/mol. The van der Waals surface area contributed by atoms with Crippen molar-refractivity contribution in [1.82, 2.24) is 4.98 Å². The maximum Gasteiger partial charge on any atom is 0.125 e. The number of rotatable bonds is 3. The monoisotopic (exact) mass is 254 g/mol. The number of aromatic nitrogens is 1. The van der Waals surface area contributed by atoms with Crippen molar-refractivity contribution < 1.29 is 5.11 Å². The van der Waals surface area contributed by atoms with Crippen LogP contribution in [0.3, 0.4) is 0 Å². The minimum atomic E-state index is -0.820. The first-order valence-corrected chi connectivity index (χ1v) is 5.98. The number of hydrogen-bond donors (Lipinski definition) is 2. The summed E-state index contributed by atoms with van der Waals surface area (Å²) in [6.45, 7) is 0. The molecule has 1 aromatic heterocycles. The Bertz CT molecular complexity index is 460. The zero-order valence-electron chi connectivity index (χ0n) is 8.38. The van der Waals surface area contributed by atoms with Crippen molar-refractivity contribution in [3.63, 3.8) is 0 Å². The van der Waals surface area contributed by atoms with E-state index in [0.717, 1.165) is 5.56 Å². The van der Waals surface area contributed by atoms with Crippen molar-refractivity contribution in [2.75, 3.05) is 0 Å². The molecule has 0 radical (unpaired) electrons. The van der Waals surface area contributed by atoms with Gasteiger partial charge in [0.2, 0.25) is 0 Å². The van der Waals surface area contributed by atoms with E-state index in [9.17, 15) is 5.11 Å². The summed E-state index contributed by atoms with van der Waals surface area (Å²) in [5, 5.41) is 10.6. The van der Waals surface area contributed by atoms with Crippen LogP contribution in [0.4, 0.5) is 0 Å². The average molecular weight is 255 g/mol. The van der Waals surface area contributed by atoms with Crippen molar-refractivity contribution >= 4 is 22.9 Å². The molecule has 1 aromatic carbocycles. The first kappa shape index (κ1) is 11.5. The largest absolute Gasteiger partial charge is 0.384 e. The molecular formula is C11H11ClN2OS. The van der Waals surface area contributed by atoms with Crippen LogP contribution in [0, 0.1) is 0 Å². The van der Waals surface area contributed by atoms with Crippen molar-refractivity contribution in [1.29, 1.82) is 0 Å². The third-order valence-electron chi connectivity index (χ3n) is 2.27. The van der Waals surface area contributed by atoms with E-state index in [1.54, 1.807) is 0 Å². The second-order valence-electron chi connectivity index (χ2n) is 3.38. The maximum absolute atomic E-state index is 10.0. The standard InChI is InChI=1S/C11H11ClN2OS/c12-8-6-14-11(16-8)10(15)9(13)7-4-2-1-3-5-7/h1-6,9-10,15H,13H2. The molecule has 0 bridgehead atoms. The number of benzene rings is 1. The van der Waals surface area contributed by atoms with Crippen LogP contribution in [0.15, 0.2) is 36.5 Å². The minimum absolute atomic E-state index is 0.483. The summed E-state index contributed by atoms with van der Waals surface area (Å²) in [5.74, 6) is 0. The van der Waals surface area contributed by atoms with Crippen LogP contribution in [-0.4, -0.2) is 10.1 Å². The lowest BCUT2D eigenvalue weighted by atomic mass is 10.0. The second-order valence-corrected chi connectivity index (χ2v) is 5.08. The van der Waals surface area contributed by atoms with Gasteiger partial charge in [-0.15, -0.1) is 11.3 Å². The molecular weight excluding hydrogens is 244 g/mol. The third-order valence-corrected chi connectivity index (χ3v) is 3.46. The summed E-state index contributed by atoms with van der Waals surface area (Å²) in [4.78, 5) is 4.02. The van der Waals surface area contributed by atoms with Gasteiger partial charge in [0.25, 0.3) is 0 Å². The van der Waals surface area contributed by atoms with Crippen LogP contribution < -0.4 is 5.73 Å². The minimum Gasteiger partial charge on any atom is -0.384 e. The number of nitrogens with zero attached hydrogens (tertiary/aromatic N) is 1. The fourth-order valence-electron chi connectivity index (χ4n) is 1.41. The molecule has 3 nitrogen and oxygen atoms in total. The predicted octanol–water partition coefficient (Wildman–Crippen LogP) is 2.53. The summed E-state index contributed by atoms with van der Waals surface area (Å²) >= 11 is 7.00. The van der Waals surface area contributed by atoms with Gasteiger partial charge in [0.15, 0.2) is 0 Å². The van der Waals surface area contributed by atoms with Gasteiger partial charge in [0.1, 0.15) is 15.4 Å². The van der Waals surface area contributed by atoms with Gasteiger partial charge < -0.3 is 10.8 Å². The van der Waals surface area contributed by atoms with Gasteiger partial charge in [-0.3, -0.25) is 0 Å². The van der Waals surface area contributed by atoms with Crippen LogP contribution in [0.1, 0.15) is 22.7 Å². The number of thiazole rings is 1. The van der Waals surface area contributed by atoms with Crippen LogP contribution in [0.25, 0.3) is 0 Å². The van der Waals surface area contributed by atoms with Crippen molar-refractivity contribution in [3.8, 4) is 0 Å². The van der Waals surface area contributed by atoms with Gasteiger partial charge in [-0.05, 0) is 5.56 Å². The van der Waals surface area contributed by atoms with Gasteiger partial charge in [-0.1, -0.05) is 41.9 Å². The first-order chi connectivity index (χ1) is 7.68. The Morgan fingerprint density at radius 3 is 2.56 bits per heavy atom. The van der Waals surface area contributed by atoms with Crippen LogP contribution in [-0.2, 0) is 0 Å². The average Bonchev–Trinajstić information content (AvgIpc) is 2.75. The van der Waals surface area contributed by atoms with E-state index in [-0.39, 0.29) is 0 Å². The molecule has 0 aliphatic rings. The Labute approximate surface area is 103 Å². The van der Waals surface area contributed by atoms with E-state index in [4.69, 9.17) is 17.3 Å². The molecule has 2 atom stereocenters. The summed E-state index contributed by atoms with van der Waals surface area (Å²) in [6, 6.07) is 8.95. The van der Waals surface area contributed by atoms with Crippen molar-refractivity contribution in [2.45, 2.75) is 12.1 Å². The Morgan fingerprint density at radius 2 is 2.00 bits per heavy atom. The number of nitrogens with two attached hydrogens (primary N) is 1. The van der Waals surface area contributed by atoms with E-state index < -0.39 is 12.1 Å². The van der Waals surface area contributed by atoms with E-state index in [2.05, 4.69) is 4.98 Å². The van der Waals surface area contributed by atoms with E-state index >= 15 is 0 Å². The van der Waals surface area contributed by atoms with Crippen LogP contribution in [0.2, 0.25) is 4.34 Å². The Kier molecular flexibility index (Phi) is 3.56. The lowest BCUT2D eigenvalue weighted by molar-refractivity contribution is 0.146. The van der Waals surface area contributed by atoms with Gasteiger partial charge >= 0.3 is 0 Å². The van der Waals surface area contributed by atoms with Crippen LogP contribution in [0.5, 0.6) is 0 Å². The molecule has 16 heavy (non-hydrogen) atoms. The van der Waals surface area contributed by atoms with Gasteiger partial charge in [-0.25, -0.2) is 4.98 Å². The quantitative estimate of drug-likeness (QED) is 0.885. The van der Waals surface area contributed by atoms with E-state index in [0.29, 0.717) is 9.34 Å². The maximum atomic E-state index is 10.0. The molecule has 2 rings (SSSR count). The number of aliphatic hydroxyl groups is 1. The second kappa shape index (κ2) is 4.93. The zero-order valence-corrected chi connectivity index (χ0v) is 9.95. The van der Waals surface area contributed by atoms with Crippen LogP contribution >= 0.6 is 22.9 Å². The molecule has 0 spiro atoms. The molecule has 0 saturated carbocycles. The Morgan fingerprint density at radius 1 is 1.31 bits per heavy atom. The molecule has 5 heteroatoms. The smallest absolute Gasteiger partial charge is 0.125 e. The molecule has 0 amide bonds. The number of halogens is 1. The van der Waals surface area contributed by atoms with E-state index in [1.165, 1.54) is 17.5 Å². The van der Waals surface area contributed by atoms with E-state index in [1.807, 2.05) is 30.3 Å². The molecule has 0 aliphatic heterocycles. The highest BCUT2D eigenvalue weighted by molar-refractivity contribution is 7.15. The lowest BCUT2D eigenvalue weighted by Gasteiger charge is -2.16. The molecule has 0 fully saturated rings. The van der Waals surface area contributed by atoms with Gasteiger partial charge in [0.05, 0.1) is 12.2 Å². The fraction of sp³-hybridized carbons (Fsp3) is 0.182. The number of hydrogen-bond acceptors (Lipinski definition) is 4. The fourth-order valence-corrected chi connectivity index (χ4v) is 2.38. The lowest BCUT2D eigenvalue weighted by Crippen LogP contribution is -2.19. The summed E-state index contributed by atoms with van der Waals surface area (Å²) in [7, 11) is 0. The highest BCUT2D eigenvalue weighted by atomic mass is 35.5. The van der Waals surface area contributed by atoms with Crippen molar-refractivity contribution in [2.24, 2.45) is 5.73 Å². The molecule has 3 N–H and O–H groups in total. The van der Waals surface area contributed by atoms with Crippen molar-refractivity contribution in [3.05, 3.63) is 51.4 Å². The summed E-state index contributed by atoms with van der Waals surface area (Å²) < 4.78 is 0.550. The number of aliphatic hydroxyl groups excluding tert-OH is 1. The molecule has 2 aromatic rings. The normalized spacial score (nSPS) is 14.7. The molecule has 1 heterocycles. The zero-order chi connectivity index (χ0) is 11.5. The topological polar surface area (TPSA) is 59.1 Å². The summed E-state index contributed by atoms with van der Waals surface area (Å²) in [5.41, 5.74) is 6.83. The molecule has 2 unspecified atom stereocenters. The van der Waals surface area contributed by atoms with Gasteiger partial charge in [-0.2, -0.15) is 0 Å². The Balaban J connectivity index is 2.19. The molecule has 0 aliphatic carbocycles. The SMILES string of the molecule is NC(c1ccccc1)C(O)c1ncc(Cl)s1. The third kappa shape index (κ3) is 2.41. The summed E-state index contributed by atoms with van der Waals surface area (Å²) in [6.07, 6.45) is 0.697. The highest BCUT2D eigenvalue weighted by Crippen LogP contribution is 2.30. The molecule has 84 valence electrons. The first-order valence-electron chi connectivity index (χ1n) is 4.78. The highest BCUT2D eigenvalue weighted by Gasteiger charge is 2.21.